The molecule has 1 unspecified atom stereocenters. The fourth-order valence-corrected chi connectivity index (χ4v) is 3.98. The Kier molecular flexibility index (Phi) is 5.18. The van der Waals surface area contributed by atoms with Crippen molar-refractivity contribution in [2.75, 3.05) is 0 Å². The molecule has 3 aromatic heterocycles. The molecular formula is C21H17FN4O2S. The van der Waals surface area contributed by atoms with Gasteiger partial charge in [-0.25, -0.2) is 9.37 Å². The van der Waals surface area contributed by atoms with E-state index in [9.17, 15) is 14.0 Å². The second kappa shape index (κ2) is 7.92. The highest BCUT2D eigenvalue weighted by molar-refractivity contribution is 7.17. The second-order valence-electron chi connectivity index (χ2n) is 6.56. The van der Waals surface area contributed by atoms with E-state index in [1.807, 2.05) is 24.4 Å². The number of carbonyl (C=O) groups is 1. The Balaban J connectivity index is 1.60. The lowest BCUT2D eigenvalue weighted by Gasteiger charge is -2.14. The van der Waals surface area contributed by atoms with E-state index in [1.54, 1.807) is 24.4 Å². The van der Waals surface area contributed by atoms with Gasteiger partial charge in [0, 0.05) is 17.1 Å². The molecular weight excluding hydrogens is 391 g/mol. The van der Waals surface area contributed by atoms with Crippen LogP contribution in [0.1, 0.15) is 18.7 Å². The zero-order chi connectivity index (χ0) is 20.4. The van der Waals surface area contributed by atoms with Crippen molar-refractivity contribution < 1.29 is 9.18 Å². The van der Waals surface area contributed by atoms with Crippen molar-refractivity contribution in [3.63, 3.8) is 0 Å². The minimum Gasteiger partial charge on any atom is -0.346 e. The Bertz CT molecular complexity index is 1220. The van der Waals surface area contributed by atoms with Crippen LogP contribution in [-0.4, -0.2) is 20.4 Å². The van der Waals surface area contributed by atoms with Crippen LogP contribution in [-0.2, 0) is 11.3 Å². The number of carbonyl (C=O) groups excluding carboxylic acids is 1. The molecule has 1 aromatic carbocycles. The zero-order valence-electron chi connectivity index (χ0n) is 15.5. The van der Waals surface area contributed by atoms with Crippen LogP contribution in [0.25, 0.3) is 21.3 Å². The van der Waals surface area contributed by atoms with E-state index in [4.69, 9.17) is 0 Å². The van der Waals surface area contributed by atoms with Gasteiger partial charge in [0.1, 0.15) is 17.2 Å². The Morgan fingerprint density at radius 3 is 2.72 bits per heavy atom. The van der Waals surface area contributed by atoms with Crippen LogP contribution in [0.2, 0.25) is 0 Å². The van der Waals surface area contributed by atoms with Gasteiger partial charge in [-0.05, 0) is 36.8 Å². The number of amides is 1. The first kappa shape index (κ1) is 18.9. The number of aromatic nitrogens is 3. The number of halogens is 1. The smallest absolute Gasteiger partial charge is 0.263 e. The van der Waals surface area contributed by atoms with Gasteiger partial charge in [0.05, 0.1) is 23.4 Å². The first-order chi connectivity index (χ1) is 14.0. The molecule has 146 valence electrons. The lowest BCUT2D eigenvalue weighted by Crippen LogP contribution is -2.34. The molecule has 0 bridgehead atoms. The molecule has 4 rings (SSSR count). The third kappa shape index (κ3) is 3.93. The monoisotopic (exact) mass is 408 g/mol. The van der Waals surface area contributed by atoms with Crippen LogP contribution in [0.3, 0.4) is 0 Å². The highest BCUT2D eigenvalue weighted by atomic mass is 32.1. The maximum atomic E-state index is 13.2. The number of rotatable bonds is 5. The summed E-state index contributed by atoms with van der Waals surface area (Å²) in [4.78, 5) is 34.6. The van der Waals surface area contributed by atoms with Gasteiger partial charge >= 0.3 is 0 Å². The van der Waals surface area contributed by atoms with Crippen molar-refractivity contribution in [1.29, 1.82) is 0 Å². The maximum Gasteiger partial charge on any atom is 0.263 e. The summed E-state index contributed by atoms with van der Waals surface area (Å²) in [5.74, 6) is -0.660. The number of hydrogen-bond acceptors (Lipinski definition) is 5. The van der Waals surface area contributed by atoms with Gasteiger partial charge < -0.3 is 5.32 Å². The molecule has 0 spiro atoms. The molecule has 0 saturated carbocycles. The predicted molar refractivity (Wildman–Crippen MR) is 110 cm³/mol. The number of thiophene rings is 1. The van der Waals surface area contributed by atoms with E-state index in [1.165, 1.54) is 34.4 Å². The van der Waals surface area contributed by atoms with Crippen LogP contribution in [0.15, 0.2) is 65.2 Å². The van der Waals surface area contributed by atoms with E-state index < -0.39 is 0 Å². The Labute approximate surface area is 169 Å². The standard InChI is InChI=1S/C21H17FN4O2S/c1-13(17-4-2-3-9-23-17)25-18(27)10-26-12-24-20-19(21(26)28)16(11-29-20)14-5-7-15(22)8-6-14/h2-9,11-13H,10H2,1H3,(H,25,27). The number of hydrogen-bond donors (Lipinski definition) is 1. The minimum absolute atomic E-state index is 0.155. The van der Waals surface area contributed by atoms with Crippen molar-refractivity contribution in [3.05, 3.63) is 82.2 Å². The predicted octanol–water partition coefficient (Wildman–Crippen LogP) is 3.54. The minimum atomic E-state index is -0.345. The lowest BCUT2D eigenvalue weighted by molar-refractivity contribution is -0.122. The van der Waals surface area contributed by atoms with Crippen LogP contribution in [0, 0.1) is 5.82 Å². The van der Waals surface area contributed by atoms with E-state index in [0.717, 1.165) is 11.3 Å². The first-order valence-corrected chi connectivity index (χ1v) is 9.84. The summed E-state index contributed by atoms with van der Waals surface area (Å²) in [6.07, 6.45) is 3.04. The molecule has 1 N–H and O–H groups in total. The summed E-state index contributed by atoms with van der Waals surface area (Å²) in [5, 5.41) is 5.08. The molecule has 0 fully saturated rings. The molecule has 0 aliphatic heterocycles. The lowest BCUT2D eigenvalue weighted by atomic mass is 10.1. The molecule has 3 heterocycles. The van der Waals surface area contributed by atoms with Crippen LogP contribution in [0.4, 0.5) is 4.39 Å². The van der Waals surface area contributed by atoms with E-state index in [-0.39, 0.29) is 29.9 Å². The zero-order valence-corrected chi connectivity index (χ0v) is 16.3. The van der Waals surface area contributed by atoms with E-state index >= 15 is 0 Å². The van der Waals surface area contributed by atoms with Gasteiger partial charge in [-0.2, -0.15) is 0 Å². The molecule has 8 heteroatoms. The molecule has 0 aliphatic rings. The summed E-state index contributed by atoms with van der Waals surface area (Å²) < 4.78 is 14.5. The average molecular weight is 408 g/mol. The second-order valence-corrected chi connectivity index (χ2v) is 7.42. The summed E-state index contributed by atoms with van der Waals surface area (Å²) in [5.41, 5.74) is 1.83. The SMILES string of the molecule is CC(NC(=O)Cn1cnc2scc(-c3ccc(F)cc3)c2c1=O)c1ccccn1. The molecule has 0 radical (unpaired) electrons. The molecule has 29 heavy (non-hydrogen) atoms. The fourth-order valence-electron chi connectivity index (χ4n) is 3.07. The van der Waals surface area contributed by atoms with Gasteiger partial charge in [-0.1, -0.05) is 18.2 Å². The number of nitrogens with one attached hydrogen (secondary N) is 1. The van der Waals surface area contributed by atoms with E-state index in [2.05, 4.69) is 15.3 Å². The first-order valence-electron chi connectivity index (χ1n) is 8.96. The van der Waals surface area contributed by atoms with Crippen molar-refractivity contribution >= 4 is 27.5 Å². The van der Waals surface area contributed by atoms with Gasteiger partial charge in [-0.3, -0.25) is 19.1 Å². The van der Waals surface area contributed by atoms with E-state index in [0.29, 0.717) is 15.8 Å². The van der Waals surface area contributed by atoms with Crippen LogP contribution >= 0.6 is 11.3 Å². The summed E-state index contributed by atoms with van der Waals surface area (Å²) in [6, 6.07) is 11.1. The summed E-state index contributed by atoms with van der Waals surface area (Å²) >= 11 is 1.34. The largest absolute Gasteiger partial charge is 0.346 e. The Morgan fingerprint density at radius 2 is 2.00 bits per heavy atom. The van der Waals surface area contributed by atoms with Gasteiger partial charge in [0.25, 0.3) is 5.56 Å². The third-order valence-corrected chi connectivity index (χ3v) is 5.43. The van der Waals surface area contributed by atoms with Gasteiger partial charge in [-0.15, -0.1) is 11.3 Å². The van der Waals surface area contributed by atoms with Crippen molar-refractivity contribution in [3.8, 4) is 11.1 Å². The maximum absolute atomic E-state index is 13.2. The topological polar surface area (TPSA) is 76.9 Å². The van der Waals surface area contributed by atoms with Crippen molar-refractivity contribution in [2.24, 2.45) is 0 Å². The normalized spacial score (nSPS) is 12.1. The number of benzene rings is 1. The Hall–Kier alpha value is -3.39. The highest BCUT2D eigenvalue weighted by Crippen LogP contribution is 2.30. The van der Waals surface area contributed by atoms with Crippen molar-refractivity contribution in [1.82, 2.24) is 19.9 Å². The van der Waals surface area contributed by atoms with Crippen molar-refractivity contribution in [2.45, 2.75) is 19.5 Å². The molecule has 0 aliphatic carbocycles. The molecule has 1 amide bonds. The average Bonchev–Trinajstić information content (AvgIpc) is 3.16. The Morgan fingerprint density at radius 1 is 1.21 bits per heavy atom. The van der Waals surface area contributed by atoms with Gasteiger partial charge in [0.2, 0.25) is 5.91 Å². The van der Waals surface area contributed by atoms with Crippen LogP contribution in [0.5, 0.6) is 0 Å². The van der Waals surface area contributed by atoms with Gasteiger partial charge in [0.15, 0.2) is 0 Å². The molecule has 4 aromatic rings. The number of pyridine rings is 1. The fraction of sp³-hybridized carbons (Fsp3) is 0.143. The number of nitrogens with zero attached hydrogens (tertiary/aromatic N) is 3. The van der Waals surface area contributed by atoms with Crippen LogP contribution < -0.4 is 10.9 Å². The third-order valence-electron chi connectivity index (χ3n) is 4.54. The quantitative estimate of drug-likeness (QED) is 0.548. The molecule has 6 nitrogen and oxygen atoms in total. The highest BCUT2D eigenvalue weighted by Gasteiger charge is 2.16. The number of fused-ring (bicyclic) bond motifs is 1. The summed E-state index contributed by atoms with van der Waals surface area (Å²) in [7, 11) is 0. The molecule has 0 saturated heterocycles. The summed E-state index contributed by atoms with van der Waals surface area (Å²) in [6.45, 7) is 1.67. The molecule has 1 atom stereocenters.